The molecule has 4 nitrogen and oxygen atoms in total. The summed E-state index contributed by atoms with van der Waals surface area (Å²) < 4.78 is 6.09. The summed E-state index contributed by atoms with van der Waals surface area (Å²) in [4.78, 5) is 10.1. The molecule has 1 aromatic rings. The Hall–Kier alpha value is -0.590. The first-order valence-corrected chi connectivity index (χ1v) is 6.93. The Morgan fingerprint density at radius 3 is 2.94 bits per heavy atom. The van der Waals surface area contributed by atoms with Crippen molar-refractivity contribution in [2.45, 2.75) is 11.5 Å². The number of nitrogens with zero attached hydrogens (tertiary/aromatic N) is 2. The van der Waals surface area contributed by atoms with Gasteiger partial charge in [-0.25, -0.2) is 4.98 Å². The van der Waals surface area contributed by atoms with Gasteiger partial charge in [0, 0.05) is 35.9 Å². The van der Waals surface area contributed by atoms with Crippen LogP contribution in [0.3, 0.4) is 0 Å². The summed E-state index contributed by atoms with van der Waals surface area (Å²) in [6.45, 7) is 3.33. The van der Waals surface area contributed by atoms with Gasteiger partial charge in [-0.1, -0.05) is 12.2 Å². The van der Waals surface area contributed by atoms with Gasteiger partial charge >= 0.3 is 0 Å². The SMILES string of the molecule is S=c1nc(N2CCOCC2)[nH]c2c1CSC2. The highest BCUT2D eigenvalue weighted by Crippen LogP contribution is 2.29. The average Bonchev–Trinajstić information content (AvgIpc) is 2.79. The van der Waals surface area contributed by atoms with Gasteiger partial charge < -0.3 is 14.6 Å². The van der Waals surface area contributed by atoms with Crippen LogP contribution in [-0.4, -0.2) is 36.3 Å². The number of aromatic amines is 1. The number of aromatic nitrogens is 2. The third-order valence-electron chi connectivity index (χ3n) is 2.90. The zero-order valence-electron chi connectivity index (χ0n) is 8.86. The minimum Gasteiger partial charge on any atom is -0.378 e. The maximum Gasteiger partial charge on any atom is 0.204 e. The molecular weight excluding hydrogens is 242 g/mol. The number of rotatable bonds is 1. The summed E-state index contributed by atoms with van der Waals surface area (Å²) in [7, 11) is 0. The standard InChI is InChI=1S/C10H13N3OS2/c15-9-7-5-16-6-8(7)11-10(12-9)13-1-3-14-4-2-13/h1-6H2,(H,11,12,15). The van der Waals surface area contributed by atoms with Gasteiger partial charge in [-0.3, -0.25) is 0 Å². The number of morpholine rings is 1. The molecule has 1 N–H and O–H groups in total. The molecule has 0 aliphatic carbocycles. The molecule has 86 valence electrons. The van der Waals surface area contributed by atoms with Crippen LogP contribution >= 0.6 is 24.0 Å². The number of fused-ring (bicyclic) bond motifs is 1. The van der Waals surface area contributed by atoms with Crippen LogP contribution < -0.4 is 4.90 Å². The smallest absolute Gasteiger partial charge is 0.204 e. The number of thioether (sulfide) groups is 1. The highest BCUT2D eigenvalue weighted by Gasteiger charge is 2.19. The van der Waals surface area contributed by atoms with Crippen LogP contribution in [0, 0.1) is 4.64 Å². The van der Waals surface area contributed by atoms with E-state index in [-0.39, 0.29) is 0 Å². The van der Waals surface area contributed by atoms with Crippen LogP contribution in [0.4, 0.5) is 5.95 Å². The monoisotopic (exact) mass is 255 g/mol. The lowest BCUT2D eigenvalue weighted by molar-refractivity contribution is 0.122. The Morgan fingerprint density at radius 1 is 1.31 bits per heavy atom. The van der Waals surface area contributed by atoms with E-state index in [4.69, 9.17) is 17.0 Å². The molecular formula is C10H13N3OS2. The van der Waals surface area contributed by atoms with E-state index in [9.17, 15) is 0 Å². The second-order valence-corrected chi connectivity index (χ2v) is 5.29. The van der Waals surface area contributed by atoms with E-state index >= 15 is 0 Å². The second kappa shape index (κ2) is 4.35. The van der Waals surface area contributed by atoms with Crippen molar-refractivity contribution in [2.24, 2.45) is 0 Å². The van der Waals surface area contributed by atoms with Crippen LogP contribution in [0.2, 0.25) is 0 Å². The van der Waals surface area contributed by atoms with Crippen LogP contribution in [0.5, 0.6) is 0 Å². The summed E-state index contributed by atoms with van der Waals surface area (Å²) in [5, 5.41) is 0. The third-order valence-corrected chi connectivity index (χ3v) is 4.22. The van der Waals surface area contributed by atoms with Crippen LogP contribution in [-0.2, 0) is 16.2 Å². The topological polar surface area (TPSA) is 41.2 Å². The van der Waals surface area contributed by atoms with E-state index in [1.165, 1.54) is 11.3 Å². The number of anilines is 1. The van der Waals surface area contributed by atoms with Crippen LogP contribution in [0.15, 0.2) is 0 Å². The molecule has 16 heavy (non-hydrogen) atoms. The second-order valence-electron chi connectivity index (χ2n) is 3.91. The lowest BCUT2D eigenvalue weighted by Crippen LogP contribution is -2.37. The molecule has 0 unspecified atom stereocenters. The van der Waals surface area contributed by atoms with Crippen molar-refractivity contribution in [1.82, 2.24) is 9.97 Å². The van der Waals surface area contributed by atoms with Gasteiger partial charge in [0.15, 0.2) is 0 Å². The van der Waals surface area contributed by atoms with Crippen molar-refractivity contribution < 1.29 is 4.74 Å². The van der Waals surface area contributed by atoms with Crippen LogP contribution in [0.25, 0.3) is 0 Å². The minimum atomic E-state index is 0.764. The first kappa shape index (κ1) is 10.6. The van der Waals surface area contributed by atoms with Crippen molar-refractivity contribution in [3.63, 3.8) is 0 Å². The summed E-state index contributed by atoms with van der Waals surface area (Å²) in [5.74, 6) is 2.94. The molecule has 3 heterocycles. The van der Waals surface area contributed by atoms with Gasteiger partial charge in [0.05, 0.1) is 13.2 Å². The van der Waals surface area contributed by atoms with E-state index in [0.717, 1.165) is 48.4 Å². The molecule has 6 heteroatoms. The summed E-state index contributed by atoms with van der Waals surface area (Å²) >= 11 is 7.22. The van der Waals surface area contributed by atoms with Crippen molar-refractivity contribution in [2.75, 3.05) is 31.2 Å². The summed E-state index contributed by atoms with van der Waals surface area (Å²) in [6, 6.07) is 0. The first-order valence-electron chi connectivity index (χ1n) is 5.37. The molecule has 0 amide bonds. The first-order chi connectivity index (χ1) is 7.84. The Kier molecular flexibility index (Phi) is 2.87. The van der Waals surface area contributed by atoms with E-state index in [2.05, 4.69) is 14.9 Å². The van der Waals surface area contributed by atoms with Gasteiger partial charge in [-0.2, -0.15) is 11.8 Å². The van der Waals surface area contributed by atoms with Gasteiger partial charge in [-0.05, 0) is 0 Å². The zero-order valence-corrected chi connectivity index (χ0v) is 10.5. The van der Waals surface area contributed by atoms with Gasteiger partial charge in [-0.15, -0.1) is 0 Å². The highest BCUT2D eigenvalue weighted by molar-refractivity contribution is 7.98. The largest absolute Gasteiger partial charge is 0.378 e. The molecule has 2 aliphatic rings. The Labute approximate surface area is 103 Å². The number of hydrogen-bond donors (Lipinski definition) is 1. The van der Waals surface area contributed by atoms with Gasteiger partial charge in [0.2, 0.25) is 5.95 Å². The molecule has 0 atom stereocenters. The lowest BCUT2D eigenvalue weighted by Gasteiger charge is -2.27. The number of nitrogens with one attached hydrogen (secondary N) is 1. The molecule has 2 aliphatic heterocycles. The molecule has 1 aromatic heterocycles. The van der Waals surface area contributed by atoms with E-state index in [1.54, 1.807) is 0 Å². The maximum atomic E-state index is 5.33. The molecule has 3 rings (SSSR count). The fourth-order valence-electron chi connectivity index (χ4n) is 1.98. The van der Waals surface area contributed by atoms with Gasteiger partial charge in [0.25, 0.3) is 0 Å². The van der Waals surface area contributed by atoms with E-state index in [1.807, 2.05) is 11.8 Å². The summed E-state index contributed by atoms with van der Waals surface area (Å²) in [6.07, 6.45) is 0. The van der Waals surface area contributed by atoms with Gasteiger partial charge in [0.1, 0.15) is 4.64 Å². The molecule has 0 spiro atoms. The summed E-state index contributed by atoms with van der Waals surface area (Å²) in [5.41, 5.74) is 2.48. The molecule has 1 fully saturated rings. The predicted molar refractivity (Wildman–Crippen MR) is 67.5 cm³/mol. The van der Waals surface area contributed by atoms with E-state index in [0.29, 0.717) is 0 Å². The Balaban J connectivity index is 1.96. The van der Waals surface area contributed by atoms with E-state index < -0.39 is 0 Å². The molecule has 0 aromatic carbocycles. The fourth-order valence-corrected chi connectivity index (χ4v) is 3.42. The maximum absolute atomic E-state index is 5.33. The molecule has 0 bridgehead atoms. The molecule has 0 saturated carbocycles. The average molecular weight is 255 g/mol. The van der Waals surface area contributed by atoms with Crippen molar-refractivity contribution >= 4 is 29.9 Å². The highest BCUT2D eigenvalue weighted by atomic mass is 32.2. The zero-order chi connectivity index (χ0) is 11.0. The Bertz CT molecular complexity index is 454. The normalized spacial score (nSPS) is 19.9. The van der Waals surface area contributed by atoms with Crippen molar-refractivity contribution in [3.05, 3.63) is 15.9 Å². The molecule has 1 saturated heterocycles. The number of H-pyrrole nitrogens is 1. The van der Waals surface area contributed by atoms with Crippen molar-refractivity contribution in [1.29, 1.82) is 0 Å². The lowest BCUT2D eigenvalue weighted by atomic mass is 10.3. The van der Waals surface area contributed by atoms with Crippen LogP contribution in [0.1, 0.15) is 11.3 Å². The third kappa shape index (κ3) is 1.85. The Morgan fingerprint density at radius 2 is 2.12 bits per heavy atom. The number of hydrogen-bond acceptors (Lipinski definition) is 5. The fraction of sp³-hybridized carbons (Fsp3) is 0.600. The number of ether oxygens (including phenoxy) is 1. The molecule has 0 radical (unpaired) electrons. The quantitative estimate of drug-likeness (QED) is 0.774. The van der Waals surface area contributed by atoms with Crippen molar-refractivity contribution in [3.8, 4) is 0 Å². The predicted octanol–water partition coefficient (Wildman–Crippen LogP) is 1.72. The minimum absolute atomic E-state index is 0.764.